The molecule has 2 aromatic carbocycles. The van der Waals surface area contributed by atoms with Crippen LogP contribution in [0, 0.1) is 5.92 Å². The topological polar surface area (TPSA) is 65.6 Å². The maximum absolute atomic E-state index is 13.8. The van der Waals surface area contributed by atoms with Gasteiger partial charge in [0, 0.05) is 48.2 Å². The lowest BCUT2D eigenvalue weighted by Gasteiger charge is -2.31. The van der Waals surface area contributed by atoms with E-state index in [0.29, 0.717) is 19.6 Å². The summed E-state index contributed by atoms with van der Waals surface area (Å²) < 4.78 is 5.58. The highest BCUT2D eigenvalue weighted by molar-refractivity contribution is 5.86. The lowest BCUT2D eigenvalue weighted by Crippen LogP contribution is -2.46. The number of hydrogen-bond acceptors (Lipinski definition) is 3. The summed E-state index contributed by atoms with van der Waals surface area (Å²) in [6.07, 6.45) is 9.99. The zero-order valence-corrected chi connectivity index (χ0v) is 22.4. The minimum absolute atomic E-state index is 0.00832. The van der Waals surface area contributed by atoms with Gasteiger partial charge in [0.15, 0.2) is 0 Å². The van der Waals surface area contributed by atoms with Crippen LogP contribution < -0.4 is 4.74 Å². The lowest BCUT2D eigenvalue weighted by atomic mass is 9.88. The molecule has 0 bridgehead atoms. The van der Waals surface area contributed by atoms with E-state index < -0.39 is 0 Å². The molecule has 4 rings (SSSR count). The van der Waals surface area contributed by atoms with Crippen LogP contribution in [0.3, 0.4) is 0 Å². The van der Waals surface area contributed by atoms with Crippen molar-refractivity contribution < 1.29 is 14.3 Å². The highest BCUT2D eigenvalue weighted by Crippen LogP contribution is 2.26. The van der Waals surface area contributed by atoms with Crippen LogP contribution in [0.1, 0.15) is 63.0 Å². The van der Waals surface area contributed by atoms with E-state index in [0.717, 1.165) is 61.8 Å². The number of unbranched alkanes of at least 4 members (excludes halogenated alkanes) is 1. The van der Waals surface area contributed by atoms with Crippen molar-refractivity contribution >= 4 is 22.7 Å². The number of aromatic nitrogens is 1. The molecule has 1 aliphatic rings. The Labute approximate surface area is 221 Å². The molecule has 1 heterocycles. The second-order valence-electron chi connectivity index (χ2n) is 10.2. The number of nitrogens with one attached hydrogen (secondary N) is 1. The van der Waals surface area contributed by atoms with E-state index >= 15 is 0 Å². The first kappa shape index (κ1) is 26.8. The SMILES string of the molecule is CCCCN(CC(=O)N(CCc1c[nH]c2ccccc12)Cc1ccccc1OC)C(=O)C1CCCCC1. The Kier molecular flexibility index (Phi) is 9.64. The van der Waals surface area contributed by atoms with Crippen molar-refractivity contribution in [3.8, 4) is 5.75 Å². The number of nitrogens with zero attached hydrogens (tertiary/aromatic N) is 2. The van der Waals surface area contributed by atoms with Crippen LogP contribution in [-0.2, 0) is 22.6 Å². The van der Waals surface area contributed by atoms with Crippen LogP contribution in [0.15, 0.2) is 54.7 Å². The summed E-state index contributed by atoms with van der Waals surface area (Å²) >= 11 is 0. The molecule has 198 valence electrons. The maximum atomic E-state index is 13.8. The number of fused-ring (bicyclic) bond motifs is 1. The Morgan fingerprint density at radius 1 is 0.946 bits per heavy atom. The maximum Gasteiger partial charge on any atom is 0.242 e. The van der Waals surface area contributed by atoms with Gasteiger partial charge in [-0.2, -0.15) is 0 Å². The summed E-state index contributed by atoms with van der Waals surface area (Å²) in [6.45, 7) is 3.92. The number of carbonyl (C=O) groups excluding carboxylic acids is 2. The summed E-state index contributed by atoms with van der Waals surface area (Å²) in [5.74, 6) is 0.988. The second-order valence-corrected chi connectivity index (χ2v) is 10.2. The molecule has 1 aromatic heterocycles. The van der Waals surface area contributed by atoms with E-state index in [4.69, 9.17) is 4.74 Å². The van der Waals surface area contributed by atoms with Gasteiger partial charge >= 0.3 is 0 Å². The summed E-state index contributed by atoms with van der Waals surface area (Å²) in [5, 5.41) is 1.18. The monoisotopic (exact) mass is 503 g/mol. The summed E-state index contributed by atoms with van der Waals surface area (Å²) in [4.78, 5) is 34.3. The third-order valence-electron chi connectivity index (χ3n) is 7.61. The van der Waals surface area contributed by atoms with Crippen LogP contribution >= 0.6 is 0 Å². The zero-order valence-electron chi connectivity index (χ0n) is 22.4. The Bertz CT molecular complexity index is 1170. The molecule has 2 amide bonds. The second kappa shape index (κ2) is 13.3. The summed E-state index contributed by atoms with van der Waals surface area (Å²) in [5.41, 5.74) is 3.26. The van der Waals surface area contributed by atoms with Gasteiger partial charge in [-0.1, -0.05) is 69.0 Å². The number of H-pyrrole nitrogens is 1. The number of rotatable bonds is 12. The van der Waals surface area contributed by atoms with Gasteiger partial charge in [-0.15, -0.1) is 0 Å². The number of benzene rings is 2. The largest absolute Gasteiger partial charge is 0.496 e. The molecule has 0 aliphatic heterocycles. The molecule has 6 heteroatoms. The van der Waals surface area contributed by atoms with Gasteiger partial charge in [0.2, 0.25) is 11.8 Å². The first-order chi connectivity index (χ1) is 18.1. The van der Waals surface area contributed by atoms with Crippen molar-refractivity contribution in [2.45, 2.75) is 64.8 Å². The minimum Gasteiger partial charge on any atom is -0.496 e. The normalized spacial score (nSPS) is 14.0. The first-order valence-corrected chi connectivity index (χ1v) is 13.8. The molecule has 1 fully saturated rings. The Hall–Kier alpha value is -3.28. The fraction of sp³-hybridized carbons (Fsp3) is 0.484. The molecule has 1 N–H and O–H groups in total. The number of aromatic amines is 1. The van der Waals surface area contributed by atoms with Gasteiger partial charge in [0.1, 0.15) is 5.75 Å². The molecular formula is C31H41N3O3. The van der Waals surface area contributed by atoms with Crippen molar-refractivity contribution in [3.05, 3.63) is 65.9 Å². The zero-order chi connectivity index (χ0) is 26.0. The predicted octanol–water partition coefficient (Wildman–Crippen LogP) is 5.96. The van der Waals surface area contributed by atoms with Crippen LogP contribution in [0.4, 0.5) is 0 Å². The summed E-state index contributed by atoms with van der Waals surface area (Å²) in [7, 11) is 1.66. The van der Waals surface area contributed by atoms with E-state index in [9.17, 15) is 9.59 Å². The van der Waals surface area contributed by atoms with E-state index in [-0.39, 0.29) is 24.3 Å². The van der Waals surface area contributed by atoms with Crippen molar-refractivity contribution in [3.63, 3.8) is 0 Å². The van der Waals surface area contributed by atoms with E-state index in [2.05, 4.69) is 24.0 Å². The van der Waals surface area contributed by atoms with Crippen molar-refractivity contribution in [1.82, 2.24) is 14.8 Å². The van der Waals surface area contributed by atoms with Crippen LogP contribution in [0.2, 0.25) is 0 Å². The van der Waals surface area contributed by atoms with Gasteiger partial charge < -0.3 is 19.5 Å². The van der Waals surface area contributed by atoms with Crippen molar-refractivity contribution in [2.24, 2.45) is 5.92 Å². The molecule has 0 saturated heterocycles. The van der Waals surface area contributed by atoms with Gasteiger partial charge in [0.25, 0.3) is 0 Å². The fourth-order valence-corrected chi connectivity index (χ4v) is 5.41. The van der Waals surface area contributed by atoms with Gasteiger partial charge in [-0.3, -0.25) is 9.59 Å². The number of para-hydroxylation sites is 2. The molecule has 6 nitrogen and oxygen atoms in total. The predicted molar refractivity (Wildman–Crippen MR) is 148 cm³/mol. The first-order valence-electron chi connectivity index (χ1n) is 13.8. The molecular weight excluding hydrogens is 462 g/mol. The van der Waals surface area contributed by atoms with Crippen LogP contribution in [0.5, 0.6) is 5.75 Å². The van der Waals surface area contributed by atoms with Crippen molar-refractivity contribution in [2.75, 3.05) is 26.7 Å². The third kappa shape index (κ3) is 6.94. The van der Waals surface area contributed by atoms with Gasteiger partial charge in [-0.25, -0.2) is 0 Å². The van der Waals surface area contributed by atoms with E-state index in [1.807, 2.05) is 52.4 Å². The Morgan fingerprint density at radius 3 is 2.49 bits per heavy atom. The van der Waals surface area contributed by atoms with Crippen LogP contribution in [-0.4, -0.2) is 53.3 Å². The average molecular weight is 504 g/mol. The molecule has 3 aromatic rings. The number of methoxy groups -OCH3 is 1. The standard InChI is InChI=1S/C31H41N3O3/c1-3-4-19-34(31(36)24-12-6-5-7-13-24)23-30(35)33(22-26-14-8-11-17-29(26)37-2)20-18-25-21-32-28-16-10-9-15-27(25)28/h8-11,14-17,21,24,32H,3-7,12-13,18-20,22-23H2,1-2H3. The molecule has 1 aliphatic carbocycles. The Balaban J connectivity index is 1.53. The smallest absolute Gasteiger partial charge is 0.242 e. The van der Waals surface area contributed by atoms with E-state index in [1.165, 1.54) is 17.4 Å². The average Bonchev–Trinajstić information content (AvgIpc) is 3.36. The quantitative estimate of drug-likeness (QED) is 0.332. The number of amides is 2. The third-order valence-corrected chi connectivity index (χ3v) is 7.61. The van der Waals surface area contributed by atoms with E-state index in [1.54, 1.807) is 7.11 Å². The molecule has 0 radical (unpaired) electrons. The summed E-state index contributed by atoms with van der Waals surface area (Å²) in [6, 6.07) is 16.1. The molecule has 0 atom stereocenters. The van der Waals surface area contributed by atoms with Gasteiger partial charge in [0.05, 0.1) is 13.7 Å². The molecule has 37 heavy (non-hydrogen) atoms. The number of hydrogen-bond donors (Lipinski definition) is 1. The fourth-order valence-electron chi connectivity index (χ4n) is 5.41. The molecule has 0 unspecified atom stereocenters. The minimum atomic E-state index is -0.00832. The molecule has 1 saturated carbocycles. The molecule has 0 spiro atoms. The van der Waals surface area contributed by atoms with Crippen molar-refractivity contribution in [1.29, 1.82) is 0 Å². The highest BCUT2D eigenvalue weighted by atomic mass is 16.5. The number of carbonyl (C=O) groups is 2. The Morgan fingerprint density at radius 2 is 1.70 bits per heavy atom. The number of ether oxygens (including phenoxy) is 1. The van der Waals surface area contributed by atoms with Crippen LogP contribution in [0.25, 0.3) is 10.9 Å². The van der Waals surface area contributed by atoms with Gasteiger partial charge in [-0.05, 0) is 43.4 Å². The highest BCUT2D eigenvalue weighted by Gasteiger charge is 2.28. The lowest BCUT2D eigenvalue weighted by molar-refractivity contribution is -0.144.